The normalized spacial score (nSPS) is 11.2. The second-order valence-corrected chi connectivity index (χ2v) is 10.8. The minimum Gasteiger partial charge on any atom is -0.310 e. The summed E-state index contributed by atoms with van der Waals surface area (Å²) in [4.78, 5) is 11.5. The van der Waals surface area contributed by atoms with Crippen molar-refractivity contribution in [1.29, 1.82) is 0 Å². The fourth-order valence-electron chi connectivity index (χ4n) is 6.07. The van der Waals surface area contributed by atoms with Crippen LogP contribution >= 0.6 is 0 Å². The molecule has 0 radical (unpaired) electrons. The van der Waals surface area contributed by atoms with Gasteiger partial charge in [0.2, 0.25) is 0 Å². The maximum atomic E-state index is 4.61. The third kappa shape index (κ3) is 4.59. The first kappa shape index (κ1) is 25.7. The van der Waals surface area contributed by atoms with E-state index in [0.29, 0.717) is 0 Å². The van der Waals surface area contributed by atoms with Crippen molar-refractivity contribution in [3.8, 4) is 28.2 Å². The first-order valence-electron chi connectivity index (χ1n) is 14.8. The zero-order valence-electron chi connectivity index (χ0n) is 24.0. The number of para-hydroxylation sites is 2. The zero-order valence-corrected chi connectivity index (χ0v) is 24.0. The number of hydrogen-bond donors (Lipinski definition) is 0. The highest BCUT2D eigenvalue weighted by Crippen LogP contribution is 2.39. The van der Waals surface area contributed by atoms with Gasteiger partial charge < -0.3 is 9.47 Å². The summed E-state index contributed by atoms with van der Waals surface area (Å²) in [5.74, 6) is 0. The van der Waals surface area contributed by atoms with Crippen molar-refractivity contribution in [2.45, 2.75) is 0 Å². The van der Waals surface area contributed by atoms with Crippen LogP contribution < -0.4 is 4.90 Å². The van der Waals surface area contributed by atoms with E-state index in [1.54, 1.807) is 0 Å². The van der Waals surface area contributed by atoms with Gasteiger partial charge in [0, 0.05) is 57.0 Å². The van der Waals surface area contributed by atoms with Gasteiger partial charge in [-0.15, -0.1) is 0 Å². The van der Waals surface area contributed by atoms with Gasteiger partial charge in [-0.05, 0) is 84.9 Å². The summed E-state index contributed by atoms with van der Waals surface area (Å²) in [5, 5.41) is 2.51. The molecule has 5 aromatic carbocycles. The Kier molecular flexibility index (Phi) is 6.43. The van der Waals surface area contributed by atoms with Gasteiger partial charge in [0.15, 0.2) is 0 Å². The number of rotatable bonds is 6. The Bertz CT molecular complexity index is 2080. The summed E-state index contributed by atoms with van der Waals surface area (Å²) in [6.45, 7) is 0. The summed E-state index contributed by atoms with van der Waals surface area (Å²) in [6, 6.07) is 55.2. The van der Waals surface area contributed by atoms with E-state index in [0.717, 1.165) is 45.3 Å². The monoisotopic (exact) mass is 564 g/mol. The average Bonchev–Trinajstić information content (AvgIpc) is 3.44. The number of fused-ring (bicyclic) bond motifs is 3. The van der Waals surface area contributed by atoms with Crippen LogP contribution in [-0.4, -0.2) is 14.5 Å². The maximum Gasteiger partial charge on any atom is 0.0702 e. The lowest BCUT2D eigenvalue weighted by Crippen LogP contribution is -2.10. The van der Waals surface area contributed by atoms with E-state index in [4.69, 9.17) is 0 Å². The molecule has 3 aromatic heterocycles. The minimum absolute atomic E-state index is 0.943. The summed E-state index contributed by atoms with van der Waals surface area (Å²) in [6.07, 6.45) is 3.67. The molecule has 0 spiro atoms. The Morgan fingerprint density at radius 2 is 0.909 bits per heavy atom. The van der Waals surface area contributed by atoms with Gasteiger partial charge in [-0.3, -0.25) is 9.97 Å². The van der Waals surface area contributed by atoms with Crippen molar-refractivity contribution in [2.24, 2.45) is 0 Å². The molecule has 0 bridgehead atoms. The van der Waals surface area contributed by atoms with Crippen molar-refractivity contribution < 1.29 is 0 Å². The molecule has 44 heavy (non-hydrogen) atoms. The Balaban J connectivity index is 1.27. The van der Waals surface area contributed by atoms with E-state index >= 15 is 0 Å². The van der Waals surface area contributed by atoms with Crippen LogP contribution in [0.5, 0.6) is 0 Å². The molecule has 208 valence electrons. The lowest BCUT2D eigenvalue weighted by Gasteiger charge is -2.26. The molecule has 0 saturated carbocycles. The quantitative estimate of drug-likeness (QED) is 0.201. The van der Waals surface area contributed by atoms with Gasteiger partial charge >= 0.3 is 0 Å². The van der Waals surface area contributed by atoms with Crippen LogP contribution in [-0.2, 0) is 0 Å². The zero-order chi connectivity index (χ0) is 29.3. The molecule has 0 amide bonds. The van der Waals surface area contributed by atoms with Crippen LogP contribution in [0.1, 0.15) is 0 Å². The van der Waals surface area contributed by atoms with E-state index < -0.39 is 0 Å². The number of nitrogens with zero attached hydrogens (tertiary/aromatic N) is 4. The number of anilines is 3. The largest absolute Gasteiger partial charge is 0.310 e. The van der Waals surface area contributed by atoms with E-state index in [1.807, 2.05) is 48.8 Å². The van der Waals surface area contributed by atoms with Crippen molar-refractivity contribution in [3.05, 3.63) is 170 Å². The van der Waals surface area contributed by atoms with E-state index in [1.165, 1.54) is 21.8 Å². The molecule has 0 atom stereocenters. The Morgan fingerprint density at radius 1 is 0.409 bits per heavy atom. The molecule has 0 aliphatic heterocycles. The fraction of sp³-hybridized carbons (Fsp3) is 0. The smallest absolute Gasteiger partial charge is 0.0702 e. The molecule has 0 aliphatic carbocycles. The molecule has 4 heteroatoms. The third-order valence-corrected chi connectivity index (χ3v) is 8.08. The van der Waals surface area contributed by atoms with Crippen molar-refractivity contribution in [3.63, 3.8) is 0 Å². The lowest BCUT2D eigenvalue weighted by atomic mass is 10.1. The first-order chi connectivity index (χ1) is 21.8. The lowest BCUT2D eigenvalue weighted by molar-refractivity contribution is 1.17. The molecule has 0 fully saturated rings. The van der Waals surface area contributed by atoms with E-state index in [9.17, 15) is 0 Å². The van der Waals surface area contributed by atoms with Crippen LogP contribution in [0.3, 0.4) is 0 Å². The summed E-state index contributed by atoms with van der Waals surface area (Å²) in [7, 11) is 0. The topological polar surface area (TPSA) is 34.0 Å². The summed E-state index contributed by atoms with van der Waals surface area (Å²) in [5.41, 5.74) is 10.7. The predicted octanol–water partition coefficient (Wildman–Crippen LogP) is 10.4. The van der Waals surface area contributed by atoms with Crippen molar-refractivity contribution >= 4 is 38.9 Å². The van der Waals surface area contributed by atoms with Gasteiger partial charge in [0.25, 0.3) is 0 Å². The average molecular weight is 565 g/mol. The molecule has 3 heterocycles. The maximum absolute atomic E-state index is 4.61. The van der Waals surface area contributed by atoms with Gasteiger partial charge in [-0.1, -0.05) is 72.8 Å². The van der Waals surface area contributed by atoms with Crippen LogP contribution in [0.2, 0.25) is 0 Å². The van der Waals surface area contributed by atoms with E-state index in [2.05, 4.69) is 141 Å². The number of aromatic nitrogens is 3. The third-order valence-electron chi connectivity index (χ3n) is 8.08. The first-order valence-corrected chi connectivity index (χ1v) is 14.8. The highest BCUT2D eigenvalue weighted by molar-refractivity contribution is 6.09. The molecule has 0 N–H and O–H groups in total. The van der Waals surface area contributed by atoms with Gasteiger partial charge in [-0.25, -0.2) is 0 Å². The second-order valence-electron chi connectivity index (χ2n) is 10.8. The molecule has 4 nitrogen and oxygen atoms in total. The molecular formula is C40H28N4. The number of benzene rings is 5. The fourth-order valence-corrected chi connectivity index (χ4v) is 6.07. The summed E-state index contributed by atoms with van der Waals surface area (Å²) >= 11 is 0. The molecule has 0 saturated heterocycles. The Hall–Kier alpha value is -6.00. The predicted molar refractivity (Wildman–Crippen MR) is 182 cm³/mol. The van der Waals surface area contributed by atoms with E-state index in [-0.39, 0.29) is 0 Å². The molecule has 0 aliphatic rings. The number of hydrogen-bond acceptors (Lipinski definition) is 3. The molecule has 0 unspecified atom stereocenters. The van der Waals surface area contributed by atoms with Crippen molar-refractivity contribution in [2.75, 3.05) is 4.90 Å². The van der Waals surface area contributed by atoms with Gasteiger partial charge in [0.1, 0.15) is 0 Å². The standard InChI is InChI=1S/C40H28N4/c1-3-19-39-35(15-1)36-16-2-4-20-40(36)44(39)32-23-21-31(22-24-32)43(33-13-9-11-29(27-33)37-17-5-7-25-41-37)34-14-10-12-30(28-34)38-18-6-8-26-42-38/h1-28H. The Morgan fingerprint density at radius 3 is 1.41 bits per heavy atom. The van der Waals surface area contributed by atoms with Crippen LogP contribution in [0, 0.1) is 0 Å². The van der Waals surface area contributed by atoms with Gasteiger partial charge in [0.05, 0.1) is 22.4 Å². The van der Waals surface area contributed by atoms with Crippen LogP contribution in [0.25, 0.3) is 50.0 Å². The Labute approximate surface area is 256 Å². The van der Waals surface area contributed by atoms with Gasteiger partial charge in [-0.2, -0.15) is 0 Å². The minimum atomic E-state index is 0.943. The summed E-state index contributed by atoms with van der Waals surface area (Å²) < 4.78 is 2.35. The highest BCUT2D eigenvalue weighted by Gasteiger charge is 2.16. The molecule has 8 rings (SSSR count). The van der Waals surface area contributed by atoms with Crippen LogP contribution in [0.15, 0.2) is 170 Å². The molecule has 8 aromatic rings. The van der Waals surface area contributed by atoms with Crippen molar-refractivity contribution in [1.82, 2.24) is 14.5 Å². The van der Waals surface area contributed by atoms with Crippen LogP contribution in [0.4, 0.5) is 17.1 Å². The highest BCUT2D eigenvalue weighted by atomic mass is 15.1. The second kappa shape index (κ2) is 11.0. The SMILES string of the molecule is c1ccc(-c2cccc(N(c3ccc(-n4c5ccccc5c5ccccc54)cc3)c3cccc(-c4ccccn4)c3)c2)nc1. The molecular weight excluding hydrogens is 536 g/mol. The number of pyridine rings is 2.